The highest BCUT2D eigenvalue weighted by Crippen LogP contribution is 2.52. The fourth-order valence-electron chi connectivity index (χ4n) is 6.64. The molecule has 0 radical (unpaired) electrons. The number of aliphatic hydroxyl groups is 2. The van der Waals surface area contributed by atoms with E-state index in [4.69, 9.17) is 0 Å². The van der Waals surface area contributed by atoms with Gasteiger partial charge in [-0.3, -0.25) is 9.97 Å². The maximum atomic E-state index is 12.1. The summed E-state index contributed by atoms with van der Waals surface area (Å²) in [5, 5.41) is 24.2. The van der Waals surface area contributed by atoms with E-state index in [2.05, 4.69) is 9.97 Å². The Morgan fingerprint density at radius 3 is 1.20 bits per heavy atom. The Bertz CT molecular complexity index is 1690. The smallest absolute Gasteiger partial charge is 0.141 e. The topological polar surface area (TPSA) is 66.2 Å². The first-order chi connectivity index (χ1) is 19.6. The van der Waals surface area contributed by atoms with Crippen LogP contribution in [-0.4, -0.2) is 20.2 Å². The molecule has 0 saturated carbocycles. The molecule has 190 valence electrons. The summed E-state index contributed by atoms with van der Waals surface area (Å²) in [6, 6.07) is 35.9. The number of aromatic nitrogens is 2. The van der Waals surface area contributed by atoms with Gasteiger partial charge in [0, 0.05) is 58.2 Å². The minimum Gasteiger partial charge on any atom is -0.376 e. The number of benzene rings is 4. The van der Waals surface area contributed by atoms with Gasteiger partial charge < -0.3 is 10.2 Å². The van der Waals surface area contributed by atoms with Gasteiger partial charge >= 0.3 is 0 Å². The van der Waals surface area contributed by atoms with Crippen molar-refractivity contribution in [2.75, 3.05) is 0 Å². The summed E-state index contributed by atoms with van der Waals surface area (Å²) < 4.78 is 0. The van der Waals surface area contributed by atoms with Crippen LogP contribution in [0.1, 0.15) is 33.4 Å². The number of pyridine rings is 2. The monoisotopic (exact) mass is 516 g/mol. The molecule has 2 atom stereocenters. The summed E-state index contributed by atoms with van der Waals surface area (Å²) in [7, 11) is 0. The minimum absolute atomic E-state index is 0.812. The third-order valence-corrected chi connectivity index (χ3v) is 8.57. The number of hydrogen-bond acceptors (Lipinski definition) is 4. The van der Waals surface area contributed by atoms with Crippen LogP contribution in [0, 0.1) is 0 Å². The second-order valence-corrected chi connectivity index (χ2v) is 10.5. The molecule has 2 aliphatic rings. The standard InChI is InChI=1S/C36H24N2O2/c39-35(31-7-3-1-5-27(31)29-21-37-19-17-33(29)35)25-13-9-23(10-14-25)24-11-15-26(16-12-24)36(40)32-8-4-2-6-28(32)30-22-38-20-18-34(30)36/h1-22,39-40H. The Balaban J connectivity index is 1.17. The lowest BCUT2D eigenvalue weighted by Gasteiger charge is -2.27. The summed E-state index contributed by atoms with van der Waals surface area (Å²) >= 11 is 0. The van der Waals surface area contributed by atoms with Crippen molar-refractivity contribution < 1.29 is 10.2 Å². The Hall–Kier alpha value is -4.90. The van der Waals surface area contributed by atoms with Crippen LogP contribution >= 0.6 is 0 Å². The molecule has 2 heterocycles. The van der Waals surface area contributed by atoms with Crippen molar-refractivity contribution in [1.29, 1.82) is 0 Å². The zero-order chi connectivity index (χ0) is 26.9. The van der Waals surface area contributed by atoms with Gasteiger partial charge in [0.2, 0.25) is 0 Å². The molecule has 4 heteroatoms. The fourth-order valence-corrected chi connectivity index (χ4v) is 6.64. The average Bonchev–Trinajstić information content (AvgIpc) is 3.45. The Morgan fingerprint density at radius 2 is 0.775 bits per heavy atom. The predicted molar refractivity (Wildman–Crippen MR) is 155 cm³/mol. The summed E-state index contributed by atoms with van der Waals surface area (Å²) in [6.45, 7) is 0. The van der Waals surface area contributed by atoms with Crippen molar-refractivity contribution in [3.05, 3.63) is 167 Å². The van der Waals surface area contributed by atoms with Crippen molar-refractivity contribution in [2.45, 2.75) is 11.2 Å². The van der Waals surface area contributed by atoms with Gasteiger partial charge in [-0.25, -0.2) is 0 Å². The molecule has 8 rings (SSSR count). The lowest BCUT2D eigenvalue weighted by atomic mass is 9.83. The van der Waals surface area contributed by atoms with E-state index in [-0.39, 0.29) is 0 Å². The molecule has 2 N–H and O–H groups in total. The highest BCUT2D eigenvalue weighted by atomic mass is 16.3. The van der Waals surface area contributed by atoms with Gasteiger partial charge in [-0.2, -0.15) is 0 Å². The zero-order valence-electron chi connectivity index (χ0n) is 21.5. The highest BCUT2D eigenvalue weighted by molar-refractivity contribution is 5.83. The lowest BCUT2D eigenvalue weighted by Crippen LogP contribution is -2.26. The molecule has 0 fully saturated rings. The molecular formula is C36H24N2O2. The molecule has 2 unspecified atom stereocenters. The van der Waals surface area contributed by atoms with Crippen LogP contribution in [0.2, 0.25) is 0 Å². The normalized spacial score (nSPS) is 19.9. The van der Waals surface area contributed by atoms with Crippen LogP contribution in [0.5, 0.6) is 0 Å². The van der Waals surface area contributed by atoms with Gasteiger partial charge in [0.1, 0.15) is 11.2 Å². The van der Waals surface area contributed by atoms with Gasteiger partial charge in [0.15, 0.2) is 0 Å². The number of fused-ring (bicyclic) bond motifs is 6. The Morgan fingerprint density at radius 1 is 0.400 bits per heavy atom. The van der Waals surface area contributed by atoms with E-state index in [1.807, 2.05) is 122 Å². The average molecular weight is 517 g/mol. The Kier molecular flexibility index (Phi) is 4.78. The molecular weight excluding hydrogens is 492 g/mol. The summed E-state index contributed by atoms with van der Waals surface area (Å²) in [5.74, 6) is 0. The van der Waals surface area contributed by atoms with Crippen LogP contribution in [-0.2, 0) is 11.2 Å². The summed E-state index contributed by atoms with van der Waals surface area (Å²) in [6.07, 6.45) is 7.12. The van der Waals surface area contributed by atoms with E-state index in [1.165, 1.54) is 0 Å². The third kappa shape index (κ3) is 2.97. The van der Waals surface area contributed by atoms with Crippen LogP contribution in [0.3, 0.4) is 0 Å². The molecule has 0 amide bonds. The third-order valence-electron chi connectivity index (χ3n) is 8.57. The highest BCUT2D eigenvalue weighted by Gasteiger charge is 2.44. The lowest BCUT2D eigenvalue weighted by molar-refractivity contribution is 0.130. The molecule has 2 aliphatic carbocycles. The number of rotatable bonds is 3. The molecule has 0 spiro atoms. The van der Waals surface area contributed by atoms with Gasteiger partial charge in [0.25, 0.3) is 0 Å². The second-order valence-electron chi connectivity index (χ2n) is 10.5. The van der Waals surface area contributed by atoms with Gasteiger partial charge in [0.05, 0.1) is 0 Å². The largest absolute Gasteiger partial charge is 0.376 e. The maximum Gasteiger partial charge on any atom is 0.141 e. The van der Waals surface area contributed by atoms with Crippen molar-refractivity contribution >= 4 is 0 Å². The molecule has 2 aromatic heterocycles. The van der Waals surface area contributed by atoms with E-state index in [0.717, 1.165) is 66.8 Å². The predicted octanol–water partition coefficient (Wildman–Crippen LogP) is 6.67. The minimum atomic E-state index is -1.24. The quantitative estimate of drug-likeness (QED) is 0.276. The maximum absolute atomic E-state index is 12.1. The fraction of sp³-hybridized carbons (Fsp3) is 0.0556. The van der Waals surface area contributed by atoms with Gasteiger partial charge in [-0.05, 0) is 45.5 Å². The van der Waals surface area contributed by atoms with E-state index < -0.39 is 11.2 Å². The van der Waals surface area contributed by atoms with Crippen LogP contribution < -0.4 is 0 Å². The van der Waals surface area contributed by atoms with E-state index in [9.17, 15) is 10.2 Å². The number of nitrogens with zero attached hydrogens (tertiary/aromatic N) is 2. The molecule has 4 aromatic carbocycles. The molecule has 4 nitrogen and oxygen atoms in total. The van der Waals surface area contributed by atoms with E-state index in [0.29, 0.717) is 0 Å². The first-order valence-electron chi connectivity index (χ1n) is 13.3. The first kappa shape index (κ1) is 23.0. The molecule has 0 bridgehead atoms. The van der Waals surface area contributed by atoms with Crippen molar-refractivity contribution in [1.82, 2.24) is 9.97 Å². The van der Waals surface area contributed by atoms with Crippen molar-refractivity contribution in [2.24, 2.45) is 0 Å². The summed E-state index contributed by atoms with van der Waals surface area (Å²) in [4.78, 5) is 8.60. The zero-order valence-corrected chi connectivity index (χ0v) is 21.5. The molecule has 6 aromatic rings. The summed E-state index contributed by atoms with van der Waals surface area (Å²) in [5.41, 5.74) is 8.60. The molecule has 0 saturated heterocycles. The number of hydrogen-bond donors (Lipinski definition) is 2. The van der Waals surface area contributed by atoms with Gasteiger partial charge in [-0.15, -0.1) is 0 Å². The first-order valence-corrected chi connectivity index (χ1v) is 13.3. The SMILES string of the molecule is OC1(c2ccc(-c3ccc(C4(O)c5ccccc5-c5cnccc54)cc3)cc2)c2ccccc2-c2cnccc21. The van der Waals surface area contributed by atoms with Crippen LogP contribution in [0.25, 0.3) is 33.4 Å². The van der Waals surface area contributed by atoms with Crippen LogP contribution in [0.4, 0.5) is 0 Å². The Labute approximate surface area is 231 Å². The molecule has 0 aliphatic heterocycles. The second kappa shape index (κ2) is 8.30. The van der Waals surface area contributed by atoms with Crippen molar-refractivity contribution in [3.63, 3.8) is 0 Å². The molecule has 40 heavy (non-hydrogen) atoms. The van der Waals surface area contributed by atoms with Crippen molar-refractivity contribution in [3.8, 4) is 33.4 Å². The van der Waals surface area contributed by atoms with E-state index in [1.54, 1.807) is 12.4 Å². The van der Waals surface area contributed by atoms with E-state index >= 15 is 0 Å². The van der Waals surface area contributed by atoms with Gasteiger partial charge in [-0.1, -0.05) is 97.1 Å². The van der Waals surface area contributed by atoms with Crippen LogP contribution in [0.15, 0.2) is 134 Å².